The van der Waals surface area contributed by atoms with E-state index in [1.807, 2.05) is 0 Å². The van der Waals surface area contributed by atoms with Crippen molar-refractivity contribution in [3.05, 3.63) is 16.3 Å². The summed E-state index contributed by atoms with van der Waals surface area (Å²) in [7, 11) is 0. The number of aryl methyl sites for hydroxylation is 1. The predicted octanol–water partition coefficient (Wildman–Crippen LogP) is -0.640. The van der Waals surface area contributed by atoms with Crippen LogP contribution in [0.4, 0.5) is 0 Å². The molecule has 110 valence electrons. The summed E-state index contributed by atoms with van der Waals surface area (Å²) in [5, 5.41) is 15.6. The van der Waals surface area contributed by atoms with E-state index in [-0.39, 0.29) is 12.2 Å². The molecule has 8 nitrogen and oxygen atoms in total. The number of carbonyl (C=O) groups excluding carboxylic acids is 1. The van der Waals surface area contributed by atoms with Crippen molar-refractivity contribution in [2.75, 3.05) is 0 Å². The van der Waals surface area contributed by atoms with Crippen molar-refractivity contribution < 1.29 is 14.7 Å². The van der Waals surface area contributed by atoms with Gasteiger partial charge in [-0.3, -0.25) is 9.36 Å². The van der Waals surface area contributed by atoms with Crippen LogP contribution in [0.15, 0.2) is 4.79 Å². The van der Waals surface area contributed by atoms with Crippen molar-refractivity contribution in [1.29, 1.82) is 0 Å². The second kappa shape index (κ2) is 5.89. The zero-order valence-corrected chi connectivity index (χ0v) is 11.3. The van der Waals surface area contributed by atoms with E-state index in [0.717, 1.165) is 30.4 Å². The van der Waals surface area contributed by atoms with Crippen LogP contribution in [0.3, 0.4) is 0 Å². The highest BCUT2D eigenvalue weighted by atomic mass is 16.4. The number of nitrogens with one attached hydrogen (secondary N) is 1. The molecule has 2 heterocycles. The first kappa shape index (κ1) is 14.3. The average molecular weight is 282 g/mol. The summed E-state index contributed by atoms with van der Waals surface area (Å²) in [6, 6.07) is -1.15. The number of carboxylic acid groups (broad SMARTS) is 1. The molecule has 1 aliphatic heterocycles. The van der Waals surface area contributed by atoms with E-state index in [0.29, 0.717) is 12.4 Å². The minimum atomic E-state index is -1.18. The Labute approximate surface area is 115 Å². The Hall–Kier alpha value is -2.12. The van der Waals surface area contributed by atoms with Crippen LogP contribution in [-0.2, 0) is 29.1 Å². The predicted molar refractivity (Wildman–Crippen MR) is 69.3 cm³/mol. The molecule has 0 aliphatic carbocycles. The van der Waals surface area contributed by atoms with E-state index in [1.54, 1.807) is 4.57 Å². The lowest BCUT2D eigenvalue weighted by Crippen LogP contribution is -2.44. The third-order valence-corrected chi connectivity index (χ3v) is 3.31. The van der Waals surface area contributed by atoms with Crippen LogP contribution in [-0.4, -0.2) is 37.4 Å². The van der Waals surface area contributed by atoms with E-state index in [2.05, 4.69) is 10.4 Å². The van der Waals surface area contributed by atoms with Crippen molar-refractivity contribution in [3.63, 3.8) is 0 Å². The Morgan fingerprint density at radius 2 is 2.15 bits per heavy atom. The normalized spacial score (nSPS) is 16.1. The lowest BCUT2D eigenvalue weighted by atomic mass is 10.2. The third kappa shape index (κ3) is 3.06. The van der Waals surface area contributed by atoms with Gasteiger partial charge in [0.15, 0.2) is 0 Å². The molecule has 1 aromatic heterocycles. The first-order valence-corrected chi connectivity index (χ1v) is 6.65. The van der Waals surface area contributed by atoms with Gasteiger partial charge >= 0.3 is 11.7 Å². The molecule has 2 rings (SSSR count). The largest absolute Gasteiger partial charge is 0.480 e. The van der Waals surface area contributed by atoms with Gasteiger partial charge in [0.25, 0.3) is 0 Å². The molecule has 0 bridgehead atoms. The minimum Gasteiger partial charge on any atom is -0.480 e. The summed E-state index contributed by atoms with van der Waals surface area (Å²) in [4.78, 5) is 34.2. The van der Waals surface area contributed by atoms with E-state index in [4.69, 9.17) is 5.11 Å². The van der Waals surface area contributed by atoms with E-state index in [1.165, 1.54) is 6.92 Å². The van der Waals surface area contributed by atoms with Gasteiger partial charge in [0.05, 0.1) is 6.54 Å². The molecule has 1 atom stereocenters. The zero-order valence-electron chi connectivity index (χ0n) is 11.3. The Morgan fingerprint density at radius 1 is 1.40 bits per heavy atom. The molecule has 0 fully saturated rings. The fourth-order valence-electron chi connectivity index (χ4n) is 2.35. The first-order valence-electron chi connectivity index (χ1n) is 6.65. The SMILES string of the molecule is CC(=O)NC(Cn1nc2n(c1=O)CCCCC2)C(=O)O. The van der Waals surface area contributed by atoms with Crippen LogP contribution in [0, 0.1) is 0 Å². The van der Waals surface area contributed by atoms with Gasteiger partial charge in [0, 0.05) is 19.9 Å². The molecule has 8 heteroatoms. The van der Waals surface area contributed by atoms with Gasteiger partial charge in [-0.15, -0.1) is 0 Å². The van der Waals surface area contributed by atoms with Crippen LogP contribution in [0.25, 0.3) is 0 Å². The molecule has 1 aromatic rings. The monoisotopic (exact) mass is 282 g/mol. The number of carboxylic acids is 1. The van der Waals surface area contributed by atoms with Gasteiger partial charge < -0.3 is 10.4 Å². The molecular weight excluding hydrogens is 264 g/mol. The summed E-state index contributed by atoms with van der Waals surface area (Å²) >= 11 is 0. The maximum Gasteiger partial charge on any atom is 0.346 e. The first-order chi connectivity index (χ1) is 9.49. The maximum absolute atomic E-state index is 12.2. The number of hydrogen-bond donors (Lipinski definition) is 2. The summed E-state index contributed by atoms with van der Waals surface area (Å²) in [6.07, 6.45) is 3.68. The molecule has 0 saturated heterocycles. The van der Waals surface area contributed by atoms with Gasteiger partial charge in [-0.25, -0.2) is 14.3 Å². The fraction of sp³-hybridized carbons (Fsp3) is 0.667. The van der Waals surface area contributed by atoms with Gasteiger partial charge in [0.1, 0.15) is 11.9 Å². The smallest absolute Gasteiger partial charge is 0.346 e. The maximum atomic E-state index is 12.2. The highest BCUT2D eigenvalue weighted by Crippen LogP contribution is 2.10. The number of aliphatic carboxylic acids is 1. The molecule has 1 unspecified atom stereocenters. The summed E-state index contributed by atoms with van der Waals surface area (Å²) in [5.41, 5.74) is -0.307. The van der Waals surface area contributed by atoms with E-state index in [9.17, 15) is 14.4 Å². The highest BCUT2D eigenvalue weighted by Gasteiger charge is 2.23. The van der Waals surface area contributed by atoms with Gasteiger partial charge in [-0.05, 0) is 12.8 Å². The molecule has 0 spiro atoms. The lowest BCUT2D eigenvalue weighted by Gasteiger charge is -2.12. The number of aromatic nitrogens is 3. The molecule has 20 heavy (non-hydrogen) atoms. The van der Waals surface area contributed by atoms with Crippen molar-refractivity contribution in [2.45, 2.75) is 51.7 Å². The fourth-order valence-corrected chi connectivity index (χ4v) is 2.35. The Kier molecular flexibility index (Phi) is 4.21. The molecule has 2 N–H and O–H groups in total. The van der Waals surface area contributed by atoms with Gasteiger partial charge in [0.2, 0.25) is 5.91 Å². The van der Waals surface area contributed by atoms with Crippen LogP contribution in [0.2, 0.25) is 0 Å². The molecule has 1 aliphatic rings. The summed E-state index contributed by atoms with van der Waals surface area (Å²) in [5.74, 6) is -0.944. The molecule has 1 amide bonds. The van der Waals surface area contributed by atoms with Crippen molar-refractivity contribution in [3.8, 4) is 0 Å². The average Bonchev–Trinajstić information content (AvgIpc) is 2.55. The van der Waals surface area contributed by atoms with E-state index >= 15 is 0 Å². The number of carbonyl (C=O) groups is 2. The summed E-state index contributed by atoms with van der Waals surface area (Å²) in [6.45, 7) is 1.70. The molecule has 0 aromatic carbocycles. The highest BCUT2D eigenvalue weighted by molar-refractivity contribution is 5.81. The van der Waals surface area contributed by atoms with Crippen molar-refractivity contribution in [2.24, 2.45) is 0 Å². The van der Waals surface area contributed by atoms with Crippen LogP contribution < -0.4 is 11.0 Å². The quantitative estimate of drug-likeness (QED) is 0.764. The number of amides is 1. The number of rotatable bonds is 4. The van der Waals surface area contributed by atoms with Crippen LogP contribution >= 0.6 is 0 Å². The Balaban J connectivity index is 2.22. The topological polar surface area (TPSA) is 106 Å². The van der Waals surface area contributed by atoms with Crippen molar-refractivity contribution in [1.82, 2.24) is 19.7 Å². The third-order valence-electron chi connectivity index (χ3n) is 3.31. The second-order valence-electron chi connectivity index (χ2n) is 4.93. The number of nitrogens with zero attached hydrogens (tertiary/aromatic N) is 3. The number of hydrogen-bond acceptors (Lipinski definition) is 4. The summed E-state index contributed by atoms with van der Waals surface area (Å²) < 4.78 is 2.73. The molecular formula is C12H18N4O4. The lowest BCUT2D eigenvalue weighted by molar-refractivity contribution is -0.142. The second-order valence-corrected chi connectivity index (χ2v) is 4.93. The Morgan fingerprint density at radius 3 is 2.80 bits per heavy atom. The minimum absolute atomic E-state index is 0.159. The van der Waals surface area contributed by atoms with Gasteiger partial charge in [-0.2, -0.15) is 5.10 Å². The zero-order chi connectivity index (χ0) is 14.7. The number of fused-ring (bicyclic) bond motifs is 1. The Bertz CT molecular complexity index is 575. The van der Waals surface area contributed by atoms with Crippen LogP contribution in [0.5, 0.6) is 0 Å². The van der Waals surface area contributed by atoms with Crippen molar-refractivity contribution >= 4 is 11.9 Å². The molecule has 0 radical (unpaired) electrons. The van der Waals surface area contributed by atoms with Gasteiger partial charge in [-0.1, -0.05) is 6.42 Å². The standard InChI is InChI=1S/C12H18N4O4/c1-8(17)13-9(11(18)19)7-16-12(20)15-6-4-2-3-5-10(15)14-16/h9H,2-7H2,1H3,(H,13,17)(H,18,19). The molecule has 0 saturated carbocycles. The van der Waals surface area contributed by atoms with E-state index < -0.39 is 17.9 Å². The van der Waals surface area contributed by atoms with Crippen LogP contribution in [0.1, 0.15) is 32.0 Å².